The molecule has 0 aliphatic rings. The molecule has 0 heterocycles. The fourth-order valence-electron chi connectivity index (χ4n) is 1.99. The summed E-state index contributed by atoms with van der Waals surface area (Å²) in [6, 6.07) is 17.9. The molecule has 114 valence electrons. The minimum atomic E-state index is -3.17. The van der Waals surface area contributed by atoms with E-state index >= 15 is 0 Å². The molecule has 0 radical (unpaired) electrons. The molecule has 0 saturated carbocycles. The quantitative estimate of drug-likeness (QED) is 0.737. The third-order valence-corrected chi connectivity index (χ3v) is 4.77. The van der Waals surface area contributed by atoms with Crippen LogP contribution in [-0.4, -0.2) is 20.8 Å². The molecule has 0 saturated heterocycles. The Kier molecular flexibility index (Phi) is 5.56. The number of para-hydroxylation sites is 1. The van der Waals surface area contributed by atoms with Crippen LogP contribution in [0, 0.1) is 11.3 Å². The summed E-state index contributed by atoms with van der Waals surface area (Å²) >= 11 is 0. The molecule has 4 nitrogen and oxygen atoms in total. The lowest BCUT2D eigenvalue weighted by atomic mass is 10.2. The van der Waals surface area contributed by atoms with Gasteiger partial charge in [0.05, 0.1) is 29.7 Å². The van der Waals surface area contributed by atoms with E-state index in [0.29, 0.717) is 24.2 Å². The Labute approximate surface area is 130 Å². The molecule has 22 heavy (non-hydrogen) atoms. The van der Waals surface area contributed by atoms with Crippen molar-refractivity contribution in [3.63, 3.8) is 0 Å². The molecule has 0 aliphatic heterocycles. The van der Waals surface area contributed by atoms with Gasteiger partial charge in [0.2, 0.25) is 0 Å². The molecule has 0 unspecified atom stereocenters. The molecule has 0 fully saturated rings. The second-order valence-corrected chi connectivity index (χ2v) is 7.10. The summed E-state index contributed by atoms with van der Waals surface area (Å²) in [6.45, 7) is 0.372. The minimum absolute atomic E-state index is 0.00988. The van der Waals surface area contributed by atoms with Crippen molar-refractivity contribution in [3.05, 3.63) is 65.7 Å². The first-order valence-electron chi connectivity index (χ1n) is 6.96. The first-order chi connectivity index (χ1) is 10.6. The molecule has 5 heteroatoms. The number of benzene rings is 2. The molecule has 2 aromatic rings. The zero-order valence-corrected chi connectivity index (χ0v) is 12.9. The number of sulfone groups is 1. The van der Waals surface area contributed by atoms with Gasteiger partial charge in [-0.15, -0.1) is 0 Å². The Balaban J connectivity index is 1.79. The number of rotatable bonds is 7. The van der Waals surface area contributed by atoms with Crippen LogP contribution in [0.1, 0.15) is 17.5 Å². The number of hydrogen-bond donors (Lipinski definition) is 0. The van der Waals surface area contributed by atoms with Gasteiger partial charge in [-0.3, -0.25) is 0 Å². The molecule has 0 aliphatic carbocycles. The summed E-state index contributed by atoms with van der Waals surface area (Å²) in [7, 11) is -3.17. The van der Waals surface area contributed by atoms with Crippen LogP contribution in [-0.2, 0) is 15.6 Å². The van der Waals surface area contributed by atoms with Gasteiger partial charge in [-0.05, 0) is 36.2 Å². The third-order valence-electron chi connectivity index (χ3n) is 3.08. The Bertz CT molecular complexity index is 732. The van der Waals surface area contributed by atoms with E-state index in [2.05, 4.69) is 0 Å². The molecule has 0 N–H and O–H groups in total. The topological polar surface area (TPSA) is 67.2 Å². The molecule has 0 atom stereocenters. The maximum atomic E-state index is 12.0. The summed E-state index contributed by atoms with van der Waals surface area (Å²) in [5, 5.41) is 8.72. The highest BCUT2D eigenvalue weighted by atomic mass is 32.2. The van der Waals surface area contributed by atoms with Gasteiger partial charge in [0.25, 0.3) is 0 Å². The predicted molar refractivity (Wildman–Crippen MR) is 85.2 cm³/mol. The minimum Gasteiger partial charge on any atom is -0.494 e. The van der Waals surface area contributed by atoms with Gasteiger partial charge in [0, 0.05) is 0 Å². The van der Waals surface area contributed by atoms with Crippen LogP contribution in [0.25, 0.3) is 0 Å². The zero-order chi connectivity index (χ0) is 15.8. The fourth-order valence-corrected chi connectivity index (χ4v) is 3.39. The SMILES string of the molecule is N#Cc1ccc(CS(=O)(=O)CCCOc2ccccc2)cc1. The van der Waals surface area contributed by atoms with Crippen LogP contribution in [0.15, 0.2) is 54.6 Å². The monoisotopic (exact) mass is 315 g/mol. The van der Waals surface area contributed by atoms with Gasteiger partial charge in [0.1, 0.15) is 5.75 Å². The number of nitrogens with zero attached hydrogens (tertiary/aromatic N) is 1. The van der Waals surface area contributed by atoms with Crippen molar-refractivity contribution in [1.29, 1.82) is 5.26 Å². The van der Waals surface area contributed by atoms with Crippen molar-refractivity contribution >= 4 is 9.84 Å². The van der Waals surface area contributed by atoms with Gasteiger partial charge in [-0.1, -0.05) is 30.3 Å². The van der Waals surface area contributed by atoms with E-state index in [1.165, 1.54) is 0 Å². The summed E-state index contributed by atoms with van der Waals surface area (Å²) in [5.41, 5.74) is 1.22. The van der Waals surface area contributed by atoms with Crippen molar-refractivity contribution in [3.8, 4) is 11.8 Å². The molecule has 0 spiro atoms. The average Bonchev–Trinajstić information content (AvgIpc) is 2.53. The van der Waals surface area contributed by atoms with Crippen molar-refractivity contribution in [1.82, 2.24) is 0 Å². The summed E-state index contributed by atoms with van der Waals surface area (Å²) in [5.74, 6) is 0.816. The summed E-state index contributed by atoms with van der Waals surface area (Å²) < 4.78 is 29.6. The van der Waals surface area contributed by atoms with E-state index in [4.69, 9.17) is 10.00 Å². The molecule has 2 aromatic carbocycles. The van der Waals surface area contributed by atoms with E-state index in [1.54, 1.807) is 24.3 Å². The van der Waals surface area contributed by atoms with Gasteiger partial charge in [-0.2, -0.15) is 5.26 Å². The van der Waals surface area contributed by atoms with Crippen LogP contribution in [0.2, 0.25) is 0 Å². The maximum Gasteiger partial charge on any atom is 0.154 e. The van der Waals surface area contributed by atoms with Crippen LogP contribution in [0.3, 0.4) is 0 Å². The van der Waals surface area contributed by atoms with Crippen molar-refractivity contribution in [2.75, 3.05) is 12.4 Å². The first kappa shape index (κ1) is 16.1. The lowest BCUT2D eigenvalue weighted by molar-refractivity contribution is 0.317. The molecule has 0 aromatic heterocycles. The third kappa shape index (κ3) is 5.23. The zero-order valence-electron chi connectivity index (χ0n) is 12.1. The van der Waals surface area contributed by atoms with Crippen LogP contribution in [0.4, 0.5) is 0 Å². The fraction of sp³-hybridized carbons (Fsp3) is 0.235. The second kappa shape index (κ2) is 7.62. The van der Waals surface area contributed by atoms with Crippen LogP contribution >= 0.6 is 0 Å². The maximum absolute atomic E-state index is 12.0. The van der Waals surface area contributed by atoms with Crippen molar-refractivity contribution < 1.29 is 13.2 Å². The van der Waals surface area contributed by atoms with E-state index < -0.39 is 9.84 Å². The smallest absolute Gasteiger partial charge is 0.154 e. The van der Waals surface area contributed by atoms with Crippen molar-refractivity contribution in [2.45, 2.75) is 12.2 Å². The van der Waals surface area contributed by atoms with E-state index in [-0.39, 0.29) is 11.5 Å². The lowest BCUT2D eigenvalue weighted by Crippen LogP contribution is -2.12. The highest BCUT2D eigenvalue weighted by Crippen LogP contribution is 2.11. The highest BCUT2D eigenvalue weighted by molar-refractivity contribution is 7.90. The normalized spacial score (nSPS) is 10.9. The van der Waals surface area contributed by atoms with Gasteiger partial charge < -0.3 is 4.74 Å². The second-order valence-electron chi connectivity index (χ2n) is 4.92. The highest BCUT2D eigenvalue weighted by Gasteiger charge is 2.12. The Morgan fingerprint density at radius 1 is 1.00 bits per heavy atom. The molecule has 0 bridgehead atoms. The van der Waals surface area contributed by atoms with E-state index in [1.807, 2.05) is 36.4 Å². The van der Waals surface area contributed by atoms with Crippen LogP contribution in [0.5, 0.6) is 5.75 Å². The van der Waals surface area contributed by atoms with Crippen molar-refractivity contribution in [2.24, 2.45) is 0 Å². The first-order valence-corrected chi connectivity index (χ1v) is 8.78. The van der Waals surface area contributed by atoms with Gasteiger partial charge in [-0.25, -0.2) is 8.42 Å². The Hall–Kier alpha value is -2.32. The molecule has 2 rings (SSSR count). The van der Waals surface area contributed by atoms with Crippen LogP contribution < -0.4 is 4.74 Å². The number of hydrogen-bond acceptors (Lipinski definition) is 4. The summed E-state index contributed by atoms with van der Waals surface area (Å²) in [4.78, 5) is 0. The Morgan fingerprint density at radius 2 is 1.68 bits per heavy atom. The number of ether oxygens (including phenoxy) is 1. The van der Waals surface area contributed by atoms with E-state index in [0.717, 1.165) is 5.75 Å². The molecular weight excluding hydrogens is 298 g/mol. The van der Waals surface area contributed by atoms with E-state index in [9.17, 15) is 8.42 Å². The molecule has 0 amide bonds. The largest absolute Gasteiger partial charge is 0.494 e. The standard InChI is InChI=1S/C17H17NO3S/c18-13-15-7-9-16(10-8-15)14-22(19,20)12-4-11-21-17-5-2-1-3-6-17/h1-3,5-10H,4,11-12,14H2. The molecular formula is C17H17NO3S. The number of nitriles is 1. The Morgan fingerprint density at radius 3 is 2.32 bits per heavy atom. The summed E-state index contributed by atoms with van der Waals surface area (Å²) in [6.07, 6.45) is 0.452. The van der Waals surface area contributed by atoms with Gasteiger partial charge >= 0.3 is 0 Å². The lowest BCUT2D eigenvalue weighted by Gasteiger charge is -2.07. The predicted octanol–water partition coefficient (Wildman–Crippen LogP) is 2.94. The average molecular weight is 315 g/mol. The van der Waals surface area contributed by atoms with Gasteiger partial charge in [0.15, 0.2) is 9.84 Å².